The number of rotatable bonds is 19. The molecule has 12 heteroatoms. The summed E-state index contributed by atoms with van der Waals surface area (Å²) in [4.78, 5) is 37.9. The van der Waals surface area contributed by atoms with Crippen molar-refractivity contribution in [2.45, 2.75) is 0 Å². The molecule has 0 aliphatic rings. The quantitative estimate of drug-likeness (QED) is 0.139. The van der Waals surface area contributed by atoms with E-state index in [1.807, 2.05) is 29.2 Å². The molecule has 4 rings (SSSR count). The van der Waals surface area contributed by atoms with Crippen LogP contribution >= 0.6 is 0 Å². The monoisotopic (exact) mass is 658 g/mol. The van der Waals surface area contributed by atoms with Crippen LogP contribution in [0.1, 0.15) is 20.7 Å². The molecule has 1 heterocycles. The first-order valence-corrected chi connectivity index (χ1v) is 15.5. The molecule has 4 aromatic rings. The van der Waals surface area contributed by atoms with Crippen molar-refractivity contribution in [3.8, 4) is 33.8 Å². The van der Waals surface area contributed by atoms with E-state index in [-0.39, 0.29) is 11.1 Å². The number of aromatic carboxylic acids is 2. The third kappa shape index (κ3) is 9.14. The molecular formula is C36H42N4O8. The molecule has 0 saturated carbocycles. The van der Waals surface area contributed by atoms with Gasteiger partial charge in [-0.1, -0.05) is 36.4 Å². The first-order chi connectivity index (χ1) is 23.3. The Bertz CT molecular complexity index is 1610. The molecule has 12 nitrogen and oxygen atoms in total. The van der Waals surface area contributed by atoms with Crippen LogP contribution in [0.15, 0.2) is 72.8 Å². The van der Waals surface area contributed by atoms with Gasteiger partial charge in [-0.05, 0) is 36.4 Å². The summed E-state index contributed by atoms with van der Waals surface area (Å²) in [6.45, 7) is 4.28. The van der Waals surface area contributed by atoms with Gasteiger partial charge in [-0.25, -0.2) is 19.6 Å². The molecule has 0 atom stereocenters. The topological polar surface area (TPSA) is 144 Å². The molecule has 2 N–H and O–H groups in total. The highest BCUT2D eigenvalue weighted by Crippen LogP contribution is 2.37. The summed E-state index contributed by atoms with van der Waals surface area (Å²) in [5.41, 5.74) is 5.12. The maximum absolute atomic E-state index is 11.7. The first kappa shape index (κ1) is 36.0. The van der Waals surface area contributed by atoms with E-state index in [4.69, 9.17) is 28.9 Å². The van der Waals surface area contributed by atoms with E-state index in [1.54, 1.807) is 77.0 Å². The number of methoxy groups -OCH3 is 4. The third-order valence-corrected chi connectivity index (χ3v) is 7.75. The SMILES string of the molecule is COCCN(CCOC)c1ccc(-c2nc(-c3ccc(C(=O)O)cc3)c(N(CCOC)CCOC)nc2-c2ccc(C(=O)O)cc2)cc1. The molecule has 0 radical (unpaired) electrons. The van der Waals surface area contributed by atoms with Gasteiger partial charge in [-0.15, -0.1) is 0 Å². The molecule has 48 heavy (non-hydrogen) atoms. The molecular weight excluding hydrogens is 616 g/mol. The summed E-state index contributed by atoms with van der Waals surface area (Å²) in [5, 5.41) is 19.1. The number of carbonyl (C=O) groups is 2. The van der Waals surface area contributed by atoms with Crippen molar-refractivity contribution in [3.05, 3.63) is 83.9 Å². The number of anilines is 2. The molecule has 1 aromatic heterocycles. The van der Waals surface area contributed by atoms with E-state index in [1.165, 1.54) is 0 Å². The Morgan fingerprint density at radius 1 is 0.521 bits per heavy atom. The van der Waals surface area contributed by atoms with Crippen LogP contribution < -0.4 is 9.80 Å². The van der Waals surface area contributed by atoms with Crippen LogP contribution in [0.3, 0.4) is 0 Å². The van der Waals surface area contributed by atoms with Gasteiger partial charge in [0, 0.05) is 77.0 Å². The summed E-state index contributed by atoms with van der Waals surface area (Å²) < 4.78 is 21.5. The molecule has 0 saturated heterocycles. The molecule has 0 bridgehead atoms. The number of nitrogens with zero attached hydrogens (tertiary/aromatic N) is 4. The van der Waals surface area contributed by atoms with E-state index in [9.17, 15) is 19.8 Å². The Hall–Kier alpha value is -4.88. The van der Waals surface area contributed by atoms with Gasteiger partial charge in [0.2, 0.25) is 0 Å². The maximum atomic E-state index is 11.7. The van der Waals surface area contributed by atoms with Crippen molar-refractivity contribution in [3.63, 3.8) is 0 Å². The molecule has 254 valence electrons. The van der Waals surface area contributed by atoms with E-state index >= 15 is 0 Å². The van der Waals surface area contributed by atoms with E-state index in [0.717, 1.165) is 11.3 Å². The Labute approximate surface area is 280 Å². The van der Waals surface area contributed by atoms with Crippen molar-refractivity contribution in [2.75, 3.05) is 90.8 Å². The molecule has 0 aliphatic carbocycles. The summed E-state index contributed by atoms with van der Waals surface area (Å²) in [6.07, 6.45) is 0. The minimum absolute atomic E-state index is 0.154. The minimum atomic E-state index is -1.03. The average Bonchev–Trinajstić information content (AvgIpc) is 3.11. The predicted octanol–water partition coefficient (Wildman–Crippen LogP) is 5.07. The van der Waals surface area contributed by atoms with Crippen LogP contribution in [0.4, 0.5) is 11.5 Å². The van der Waals surface area contributed by atoms with Gasteiger partial charge in [0.15, 0.2) is 5.82 Å². The highest BCUT2D eigenvalue weighted by atomic mass is 16.5. The third-order valence-electron chi connectivity index (χ3n) is 7.75. The number of hydrogen-bond donors (Lipinski definition) is 2. The smallest absolute Gasteiger partial charge is 0.335 e. The Balaban J connectivity index is 1.95. The van der Waals surface area contributed by atoms with Gasteiger partial charge in [0.05, 0.1) is 48.9 Å². The summed E-state index contributed by atoms with van der Waals surface area (Å²) in [6, 6.07) is 21.0. The second kappa shape index (κ2) is 17.9. The molecule has 0 amide bonds. The number of benzene rings is 3. The molecule has 3 aromatic carbocycles. The van der Waals surface area contributed by atoms with Crippen LogP contribution in [0, 0.1) is 0 Å². The van der Waals surface area contributed by atoms with Crippen molar-refractivity contribution < 1.29 is 38.7 Å². The zero-order valence-corrected chi connectivity index (χ0v) is 27.7. The Kier molecular flexibility index (Phi) is 13.4. The zero-order chi connectivity index (χ0) is 34.5. The van der Waals surface area contributed by atoms with Gasteiger partial charge >= 0.3 is 11.9 Å². The fourth-order valence-electron chi connectivity index (χ4n) is 5.11. The van der Waals surface area contributed by atoms with E-state index in [2.05, 4.69) is 4.90 Å². The van der Waals surface area contributed by atoms with Crippen molar-refractivity contribution in [2.24, 2.45) is 0 Å². The van der Waals surface area contributed by atoms with Gasteiger partial charge in [-0.2, -0.15) is 0 Å². The largest absolute Gasteiger partial charge is 0.478 e. The number of hydrogen-bond acceptors (Lipinski definition) is 10. The average molecular weight is 659 g/mol. The fourth-order valence-corrected chi connectivity index (χ4v) is 5.11. The molecule has 0 spiro atoms. The van der Waals surface area contributed by atoms with Crippen LogP contribution in [0.2, 0.25) is 0 Å². The number of carboxylic acids is 2. The molecule has 0 aliphatic heterocycles. The lowest BCUT2D eigenvalue weighted by Gasteiger charge is -2.27. The van der Waals surface area contributed by atoms with Crippen molar-refractivity contribution >= 4 is 23.4 Å². The lowest BCUT2D eigenvalue weighted by atomic mass is 10.0. The summed E-state index contributed by atoms with van der Waals surface area (Å²) in [7, 11) is 6.59. The standard InChI is InChI=1S/C36H42N4O8/c1-45-21-17-39(18-22-46-2)30-15-13-26(14-16-30)31-32(25-5-9-28(10-6-25)35(41)42)38-34(40(19-23-47-3)20-24-48-4)33(37-31)27-7-11-29(12-8-27)36(43)44/h5-16H,17-24H2,1-4H3,(H,41,42)(H,43,44). The maximum Gasteiger partial charge on any atom is 0.335 e. The number of carboxylic acid groups (broad SMARTS) is 2. The second-order valence-corrected chi connectivity index (χ2v) is 10.9. The van der Waals surface area contributed by atoms with Crippen LogP contribution in [0.5, 0.6) is 0 Å². The lowest BCUT2D eigenvalue weighted by Crippen LogP contribution is -2.32. The second-order valence-electron chi connectivity index (χ2n) is 10.9. The van der Waals surface area contributed by atoms with Crippen LogP contribution in [0.25, 0.3) is 33.8 Å². The normalized spacial score (nSPS) is 11.0. The van der Waals surface area contributed by atoms with Crippen LogP contribution in [-0.4, -0.2) is 113 Å². The zero-order valence-electron chi connectivity index (χ0n) is 27.7. The minimum Gasteiger partial charge on any atom is -0.478 e. The van der Waals surface area contributed by atoms with Crippen molar-refractivity contribution in [1.29, 1.82) is 0 Å². The van der Waals surface area contributed by atoms with Gasteiger partial charge < -0.3 is 39.0 Å². The predicted molar refractivity (Wildman–Crippen MR) is 184 cm³/mol. The number of aromatic nitrogens is 2. The highest BCUT2D eigenvalue weighted by Gasteiger charge is 2.23. The van der Waals surface area contributed by atoms with Crippen molar-refractivity contribution in [1.82, 2.24) is 9.97 Å². The molecule has 0 unspecified atom stereocenters. The summed E-state index contributed by atoms with van der Waals surface area (Å²) in [5.74, 6) is -1.50. The first-order valence-electron chi connectivity index (χ1n) is 15.5. The molecule has 0 fully saturated rings. The summed E-state index contributed by atoms with van der Waals surface area (Å²) >= 11 is 0. The fraction of sp³-hybridized carbons (Fsp3) is 0.333. The number of ether oxygens (including phenoxy) is 4. The Morgan fingerprint density at radius 2 is 0.875 bits per heavy atom. The van der Waals surface area contributed by atoms with E-state index < -0.39 is 11.9 Å². The highest BCUT2D eigenvalue weighted by molar-refractivity contribution is 5.91. The van der Waals surface area contributed by atoms with Gasteiger partial charge in [0.1, 0.15) is 5.69 Å². The Morgan fingerprint density at radius 3 is 1.27 bits per heavy atom. The van der Waals surface area contributed by atoms with E-state index in [0.29, 0.717) is 86.6 Å². The van der Waals surface area contributed by atoms with Gasteiger partial charge in [0.25, 0.3) is 0 Å². The van der Waals surface area contributed by atoms with Gasteiger partial charge in [-0.3, -0.25) is 0 Å². The van der Waals surface area contributed by atoms with Crippen LogP contribution in [-0.2, 0) is 18.9 Å². The lowest BCUT2D eigenvalue weighted by molar-refractivity contribution is 0.0686.